The molecule has 1 unspecified atom stereocenters. The maximum absolute atomic E-state index is 12.8. The number of aromatic nitrogens is 1. The van der Waals surface area contributed by atoms with Crippen LogP contribution in [0.25, 0.3) is 0 Å². The Morgan fingerprint density at radius 1 is 1.25 bits per heavy atom. The number of carbonyl (C=O) groups is 2. The zero-order chi connectivity index (χ0) is 17.1. The van der Waals surface area contributed by atoms with Crippen LogP contribution in [-0.2, 0) is 16.0 Å². The number of carbonyl (C=O) groups excluding carboxylic acids is 2. The van der Waals surface area contributed by atoms with E-state index < -0.39 is 0 Å². The Hall–Kier alpha value is -2.21. The highest BCUT2D eigenvalue weighted by Crippen LogP contribution is 2.26. The molecule has 3 rings (SSSR count). The van der Waals surface area contributed by atoms with Crippen LogP contribution in [-0.4, -0.2) is 46.2 Å². The van der Waals surface area contributed by atoms with E-state index in [0.717, 1.165) is 16.3 Å². The van der Waals surface area contributed by atoms with Crippen LogP contribution in [0.4, 0.5) is 0 Å². The van der Waals surface area contributed by atoms with Gasteiger partial charge in [-0.2, -0.15) is 0 Å². The molecule has 0 spiro atoms. The standard InChI is InChI=1S/C18H21N3O2S/c1-13-19-16(12-24-13)10-18(23)21-9-8-20(14(2)22)11-17(21)15-6-4-3-5-7-15/h3-7,12,17H,8-11H2,1-2H3. The van der Waals surface area contributed by atoms with Gasteiger partial charge in [-0.15, -0.1) is 11.3 Å². The van der Waals surface area contributed by atoms with Gasteiger partial charge in [-0.25, -0.2) is 4.98 Å². The Balaban J connectivity index is 1.81. The molecule has 2 heterocycles. The van der Waals surface area contributed by atoms with Crippen molar-refractivity contribution in [2.24, 2.45) is 0 Å². The lowest BCUT2D eigenvalue weighted by molar-refractivity contribution is -0.141. The third kappa shape index (κ3) is 3.64. The lowest BCUT2D eigenvalue weighted by Gasteiger charge is -2.41. The molecule has 6 heteroatoms. The van der Waals surface area contributed by atoms with Gasteiger partial charge in [-0.1, -0.05) is 30.3 Å². The molecular weight excluding hydrogens is 322 g/mol. The zero-order valence-corrected chi connectivity index (χ0v) is 14.8. The summed E-state index contributed by atoms with van der Waals surface area (Å²) in [6.45, 7) is 5.21. The maximum atomic E-state index is 12.8. The summed E-state index contributed by atoms with van der Waals surface area (Å²) in [5.41, 5.74) is 1.88. The number of hydrogen-bond donors (Lipinski definition) is 0. The first-order valence-electron chi connectivity index (χ1n) is 8.05. The van der Waals surface area contributed by atoms with Gasteiger partial charge in [0, 0.05) is 31.9 Å². The molecule has 2 aromatic rings. The predicted molar refractivity (Wildman–Crippen MR) is 93.7 cm³/mol. The van der Waals surface area contributed by atoms with Crippen molar-refractivity contribution in [1.82, 2.24) is 14.8 Å². The molecule has 24 heavy (non-hydrogen) atoms. The van der Waals surface area contributed by atoms with E-state index in [1.54, 1.807) is 18.3 Å². The van der Waals surface area contributed by atoms with E-state index in [0.29, 0.717) is 26.1 Å². The Bertz CT molecular complexity index is 729. The van der Waals surface area contributed by atoms with Gasteiger partial charge in [0.15, 0.2) is 0 Å². The summed E-state index contributed by atoms with van der Waals surface area (Å²) in [4.78, 5) is 32.7. The van der Waals surface area contributed by atoms with Crippen molar-refractivity contribution in [1.29, 1.82) is 0 Å². The van der Waals surface area contributed by atoms with Crippen LogP contribution in [0.3, 0.4) is 0 Å². The van der Waals surface area contributed by atoms with E-state index in [4.69, 9.17) is 0 Å². The Morgan fingerprint density at radius 2 is 2.00 bits per heavy atom. The van der Waals surface area contributed by atoms with E-state index >= 15 is 0 Å². The summed E-state index contributed by atoms with van der Waals surface area (Å²) in [6.07, 6.45) is 0.313. The number of hydrogen-bond acceptors (Lipinski definition) is 4. The van der Waals surface area contributed by atoms with Crippen LogP contribution < -0.4 is 0 Å². The van der Waals surface area contributed by atoms with Gasteiger partial charge in [0.2, 0.25) is 11.8 Å². The van der Waals surface area contributed by atoms with Gasteiger partial charge < -0.3 is 9.80 Å². The van der Waals surface area contributed by atoms with E-state index in [9.17, 15) is 9.59 Å². The molecule has 2 amide bonds. The van der Waals surface area contributed by atoms with Crippen molar-refractivity contribution in [2.45, 2.75) is 26.3 Å². The summed E-state index contributed by atoms with van der Waals surface area (Å²) < 4.78 is 0. The van der Waals surface area contributed by atoms with Gasteiger partial charge in [-0.3, -0.25) is 9.59 Å². The number of piperazine rings is 1. The molecule has 1 aromatic carbocycles. The highest BCUT2D eigenvalue weighted by atomic mass is 32.1. The van der Waals surface area contributed by atoms with E-state index in [1.165, 1.54) is 0 Å². The average Bonchev–Trinajstić information content (AvgIpc) is 3.00. The monoisotopic (exact) mass is 343 g/mol. The third-order valence-corrected chi connectivity index (χ3v) is 5.15. The molecule has 1 aliphatic heterocycles. The summed E-state index contributed by atoms with van der Waals surface area (Å²) in [5, 5.41) is 2.91. The molecule has 1 aromatic heterocycles. The molecule has 0 N–H and O–H groups in total. The quantitative estimate of drug-likeness (QED) is 0.860. The summed E-state index contributed by atoms with van der Waals surface area (Å²) in [6, 6.07) is 9.82. The highest BCUT2D eigenvalue weighted by molar-refractivity contribution is 7.09. The molecule has 0 radical (unpaired) electrons. The van der Waals surface area contributed by atoms with Crippen molar-refractivity contribution in [3.63, 3.8) is 0 Å². The minimum Gasteiger partial charge on any atom is -0.339 e. The van der Waals surface area contributed by atoms with Crippen molar-refractivity contribution < 1.29 is 9.59 Å². The number of benzene rings is 1. The number of amides is 2. The minimum absolute atomic E-state index is 0.0538. The number of rotatable bonds is 3. The first kappa shape index (κ1) is 16.6. The zero-order valence-electron chi connectivity index (χ0n) is 13.9. The smallest absolute Gasteiger partial charge is 0.229 e. The van der Waals surface area contributed by atoms with Crippen molar-refractivity contribution >= 4 is 23.2 Å². The van der Waals surface area contributed by atoms with Gasteiger partial charge >= 0.3 is 0 Å². The minimum atomic E-state index is -0.101. The lowest BCUT2D eigenvalue weighted by Crippen LogP contribution is -2.52. The Morgan fingerprint density at radius 3 is 2.62 bits per heavy atom. The number of nitrogens with zero attached hydrogens (tertiary/aromatic N) is 3. The van der Waals surface area contributed by atoms with E-state index in [2.05, 4.69) is 4.98 Å². The molecule has 1 aliphatic rings. The topological polar surface area (TPSA) is 53.5 Å². The fourth-order valence-electron chi connectivity index (χ4n) is 3.07. The first-order valence-corrected chi connectivity index (χ1v) is 8.93. The largest absolute Gasteiger partial charge is 0.339 e. The fourth-order valence-corrected chi connectivity index (χ4v) is 3.69. The van der Waals surface area contributed by atoms with Crippen LogP contribution >= 0.6 is 11.3 Å². The lowest BCUT2D eigenvalue weighted by atomic mass is 10.0. The Kier molecular flexibility index (Phi) is 4.94. The van der Waals surface area contributed by atoms with E-state index in [-0.39, 0.29) is 17.9 Å². The SMILES string of the molecule is CC(=O)N1CCN(C(=O)Cc2csc(C)n2)C(c2ccccc2)C1. The second-order valence-corrected chi connectivity index (χ2v) is 7.08. The Labute approximate surface area is 145 Å². The molecule has 1 atom stereocenters. The van der Waals surface area contributed by atoms with Crippen LogP contribution in [0.1, 0.15) is 29.2 Å². The normalized spacial score (nSPS) is 17.8. The highest BCUT2D eigenvalue weighted by Gasteiger charge is 2.32. The second kappa shape index (κ2) is 7.13. The summed E-state index contributed by atoms with van der Waals surface area (Å²) in [5.74, 6) is 0.121. The first-order chi connectivity index (χ1) is 11.5. The molecule has 5 nitrogen and oxygen atoms in total. The van der Waals surface area contributed by atoms with Gasteiger partial charge in [0.05, 0.1) is 23.2 Å². The number of aryl methyl sites for hydroxylation is 1. The van der Waals surface area contributed by atoms with Gasteiger partial charge in [-0.05, 0) is 12.5 Å². The van der Waals surface area contributed by atoms with Gasteiger partial charge in [0.1, 0.15) is 0 Å². The summed E-state index contributed by atoms with van der Waals surface area (Å²) >= 11 is 1.56. The molecular formula is C18H21N3O2S. The maximum Gasteiger partial charge on any atom is 0.229 e. The van der Waals surface area contributed by atoms with Crippen LogP contribution in [0.2, 0.25) is 0 Å². The van der Waals surface area contributed by atoms with Crippen LogP contribution in [0.5, 0.6) is 0 Å². The molecule has 1 fully saturated rings. The molecule has 0 bridgehead atoms. The predicted octanol–water partition coefficient (Wildman–Crippen LogP) is 2.43. The fraction of sp³-hybridized carbons (Fsp3) is 0.389. The van der Waals surface area contributed by atoms with E-state index in [1.807, 2.05) is 52.4 Å². The van der Waals surface area contributed by atoms with Crippen molar-refractivity contribution in [3.05, 3.63) is 52.0 Å². The molecule has 0 aliphatic carbocycles. The number of thiazole rings is 1. The molecule has 1 saturated heterocycles. The molecule has 126 valence electrons. The van der Waals surface area contributed by atoms with Crippen molar-refractivity contribution in [2.75, 3.05) is 19.6 Å². The van der Waals surface area contributed by atoms with Crippen LogP contribution in [0, 0.1) is 6.92 Å². The van der Waals surface area contributed by atoms with Gasteiger partial charge in [0.25, 0.3) is 0 Å². The summed E-state index contributed by atoms with van der Waals surface area (Å²) in [7, 11) is 0. The molecule has 0 saturated carbocycles. The van der Waals surface area contributed by atoms with Crippen LogP contribution in [0.15, 0.2) is 35.7 Å². The third-order valence-electron chi connectivity index (χ3n) is 4.33. The van der Waals surface area contributed by atoms with Crippen molar-refractivity contribution in [3.8, 4) is 0 Å². The second-order valence-electron chi connectivity index (χ2n) is 6.01. The average molecular weight is 343 g/mol.